The first kappa shape index (κ1) is 11.1. The van der Waals surface area contributed by atoms with Crippen LogP contribution in [0.15, 0.2) is 30.6 Å². The molecule has 0 radical (unpaired) electrons. The number of ether oxygens (including phenoxy) is 1. The van der Waals surface area contributed by atoms with Gasteiger partial charge in [0.1, 0.15) is 5.75 Å². The highest BCUT2D eigenvalue weighted by atomic mass is 16.5. The van der Waals surface area contributed by atoms with Gasteiger partial charge in [-0.25, -0.2) is 4.98 Å². The molecule has 2 aromatic rings. The van der Waals surface area contributed by atoms with Crippen LogP contribution in [0.1, 0.15) is 18.1 Å². The number of fused-ring (bicyclic) bond motifs is 1. The van der Waals surface area contributed by atoms with Crippen molar-refractivity contribution in [2.24, 2.45) is 0 Å². The maximum Gasteiger partial charge on any atom is 0.203 e. The molecule has 0 spiro atoms. The highest BCUT2D eigenvalue weighted by Crippen LogP contribution is 2.26. The minimum absolute atomic E-state index is 0.796. The summed E-state index contributed by atoms with van der Waals surface area (Å²) in [6.07, 6.45) is 4.83. The van der Waals surface area contributed by atoms with Gasteiger partial charge in [0.2, 0.25) is 5.95 Å². The Balaban J connectivity index is 1.70. The smallest absolute Gasteiger partial charge is 0.203 e. The van der Waals surface area contributed by atoms with E-state index in [0.29, 0.717) is 0 Å². The third-order valence-electron chi connectivity index (χ3n) is 3.26. The van der Waals surface area contributed by atoms with Gasteiger partial charge in [-0.05, 0) is 24.1 Å². The fraction of sp³-hybridized carbons (Fsp3) is 0.357. The maximum atomic E-state index is 5.50. The molecule has 1 aliphatic heterocycles. The Hall–Kier alpha value is -1.97. The zero-order valence-electron chi connectivity index (χ0n) is 10.5. The molecule has 0 bridgehead atoms. The number of rotatable bonds is 4. The van der Waals surface area contributed by atoms with Crippen molar-refractivity contribution in [3.8, 4) is 5.75 Å². The monoisotopic (exact) mass is 243 g/mol. The second-order valence-corrected chi connectivity index (χ2v) is 4.43. The van der Waals surface area contributed by atoms with Crippen LogP contribution in [0.3, 0.4) is 0 Å². The van der Waals surface area contributed by atoms with Crippen molar-refractivity contribution in [2.75, 3.05) is 11.9 Å². The third kappa shape index (κ3) is 2.06. The Kier molecular flexibility index (Phi) is 2.92. The lowest BCUT2D eigenvalue weighted by Gasteiger charge is -2.08. The minimum Gasteiger partial charge on any atom is -0.493 e. The SMILES string of the molecule is CCn1ccnc1NCc1ccc2c(c1)CCO2. The number of nitrogens with one attached hydrogen (secondary N) is 1. The molecule has 18 heavy (non-hydrogen) atoms. The van der Waals surface area contributed by atoms with Crippen molar-refractivity contribution in [3.63, 3.8) is 0 Å². The van der Waals surface area contributed by atoms with Crippen LogP contribution in [-0.4, -0.2) is 16.2 Å². The lowest BCUT2D eigenvalue weighted by molar-refractivity contribution is 0.357. The predicted molar refractivity (Wildman–Crippen MR) is 70.9 cm³/mol. The van der Waals surface area contributed by atoms with E-state index in [1.807, 2.05) is 12.4 Å². The van der Waals surface area contributed by atoms with Gasteiger partial charge in [-0.1, -0.05) is 12.1 Å². The summed E-state index contributed by atoms with van der Waals surface area (Å²) in [5, 5.41) is 3.36. The topological polar surface area (TPSA) is 39.1 Å². The second kappa shape index (κ2) is 4.72. The molecule has 2 heterocycles. The highest BCUT2D eigenvalue weighted by molar-refractivity contribution is 5.41. The van der Waals surface area contributed by atoms with Crippen LogP contribution < -0.4 is 10.1 Å². The van der Waals surface area contributed by atoms with Gasteiger partial charge in [0.05, 0.1) is 6.61 Å². The van der Waals surface area contributed by atoms with Crippen LogP contribution >= 0.6 is 0 Å². The number of hydrogen-bond acceptors (Lipinski definition) is 3. The number of aryl methyl sites for hydroxylation is 1. The van der Waals surface area contributed by atoms with Gasteiger partial charge in [0, 0.05) is 31.9 Å². The number of benzene rings is 1. The first-order valence-corrected chi connectivity index (χ1v) is 6.36. The van der Waals surface area contributed by atoms with Crippen molar-refractivity contribution in [3.05, 3.63) is 41.7 Å². The Bertz CT molecular complexity index is 548. The van der Waals surface area contributed by atoms with Gasteiger partial charge < -0.3 is 14.6 Å². The molecule has 3 rings (SSSR count). The summed E-state index contributed by atoms with van der Waals surface area (Å²) in [6, 6.07) is 6.39. The summed E-state index contributed by atoms with van der Waals surface area (Å²) in [7, 11) is 0. The number of aromatic nitrogens is 2. The van der Waals surface area contributed by atoms with E-state index in [4.69, 9.17) is 4.74 Å². The van der Waals surface area contributed by atoms with E-state index < -0.39 is 0 Å². The lowest BCUT2D eigenvalue weighted by atomic mass is 10.1. The molecular formula is C14H17N3O. The molecule has 1 aromatic heterocycles. The van der Waals surface area contributed by atoms with Crippen LogP contribution in [0.2, 0.25) is 0 Å². The molecule has 4 heteroatoms. The lowest BCUT2D eigenvalue weighted by Crippen LogP contribution is -2.06. The molecule has 1 aliphatic rings. The van der Waals surface area contributed by atoms with E-state index in [9.17, 15) is 0 Å². The van der Waals surface area contributed by atoms with Crippen LogP contribution in [0, 0.1) is 0 Å². The van der Waals surface area contributed by atoms with E-state index in [0.717, 1.165) is 37.8 Å². The summed E-state index contributed by atoms with van der Waals surface area (Å²) in [5.74, 6) is 1.96. The summed E-state index contributed by atoms with van der Waals surface area (Å²) < 4.78 is 7.60. The largest absolute Gasteiger partial charge is 0.493 e. The van der Waals surface area contributed by atoms with E-state index in [2.05, 4.69) is 40.0 Å². The van der Waals surface area contributed by atoms with Crippen LogP contribution in [-0.2, 0) is 19.5 Å². The molecule has 0 atom stereocenters. The molecule has 0 unspecified atom stereocenters. The highest BCUT2D eigenvalue weighted by Gasteiger charge is 2.11. The average molecular weight is 243 g/mol. The third-order valence-corrected chi connectivity index (χ3v) is 3.26. The summed E-state index contributed by atoms with van der Waals surface area (Å²) in [4.78, 5) is 4.30. The van der Waals surface area contributed by atoms with Gasteiger partial charge in [0.15, 0.2) is 0 Å². The Morgan fingerprint density at radius 1 is 1.44 bits per heavy atom. The fourth-order valence-electron chi connectivity index (χ4n) is 2.26. The van der Waals surface area contributed by atoms with E-state index in [1.165, 1.54) is 11.1 Å². The zero-order chi connectivity index (χ0) is 12.4. The van der Waals surface area contributed by atoms with Crippen molar-refractivity contribution in [2.45, 2.75) is 26.4 Å². The standard InChI is InChI=1S/C14H17N3O/c1-2-17-7-6-15-14(17)16-10-11-3-4-13-12(9-11)5-8-18-13/h3-4,6-7,9H,2,5,8,10H2,1H3,(H,15,16). The molecular weight excluding hydrogens is 226 g/mol. The number of nitrogens with zero attached hydrogens (tertiary/aromatic N) is 2. The Labute approximate surface area is 107 Å². The van der Waals surface area contributed by atoms with Gasteiger partial charge in [-0.3, -0.25) is 0 Å². The molecule has 1 aromatic carbocycles. The quantitative estimate of drug-likeness (QED) is 0.896. The van der Waals surface area contributed by atoms with Crippen molar-refractivity contribution in [1.29, 1.82) is 0 Å². The normalized spacial score (nSPS) is 13.2. The Morgan fingerprint density at radius 3 is 3.28 bits per heavy atom. The summed E-state index contributed by atoms with van der Waals surface area (Å²) in [6.45, 7) is 4.65. The summed E-state index contributed by atoms with van der Waals surface area (Å²) >= 11 is 0. The number of hydrogen-bond donors (Lipinski definition) is 1. The predicted octanol–water partition coefficient (Wildman–Crippen LogP) is 2.45. The van der Waals surface area contributed by atoms with Gasteiger partial charge >= 0.3 is 0 Å². The Morgan fingerprint density at radius 2 is 2.39 bits per heavy atom. The van der Waals surface area contributed by atoms with Crippen LogP contribution in [0.25, 0.3) is 0 Å². The maximum absolute atomic E-state index is 5.50. The van der Waals surface area contributed by atoms with E-state index >= 15 is 0 Å². The fourth-order valence-corrected chi connectivity index (χ4v) is 2.26. The summed E-state index contributed by atoms with van der Waals surface area (Å²) in [5.41, 5.74) is 2.58. The molecule has 94 valence electrons. The zero-order valence-corrected chi connectivity index (χ0v) is 10.5. The van der Waals surface area contributed by atoms with Gasteiger partial charge in [-0.2, -0.15) is 0 Å². The van der Waals surface area contributed by atoms with Gasteiger partial charge in [-0.15, -0.1) is 0 Å². The second-order valence-electron chi connectivity index (χ2n) is 4.43. The first-order valence-electron chi connectivity index (χ1n) is 6.36. The first-order chi connectivity index (χ1) is 8.86. The molecule has 0 amide bonds. The van der Waals surface area contributed by atoms with Gasteiger partial charge in [0.25, 0.3) is 0 Å². The van der Waals surface area contributed by atoms with E-state index in [-0.39, 0.29) is 0 Å². The minimum atomic E-state index is 0.796. The molecule has 0 saturated carbocycles. The molecule has 0 aliphatic carbocycles. The molecule has 0 fully saturated rings. The van der Waals surface area contributed by atoms with Crippen molar-refractivity contribution in [1.82, 2.24) is 9.55 Å². The van der Waals surface area contributed by atoms with Crippen molar-refractivity contribution < 1.29 is 4.74 Å². The van der Waals surface area contributed by atoms with Crippen LogP contribution in [0.4, 0.5) is 5.95 Å². The molecule has 1 N–H and O–H groups in total. The number of anilines is 1. The molecule has 0 saturated heterocycles. The van der Waals surface area contributed by atoms with Crippen LogP contribution in [0.5, 0.6) is 5.75 Å². The van der Waals surface area contributed by atoms with Crippen molar-refractivity contribution >= 4 is 5.95 Å². The van der Waals surface area contributed by atoms with E-state index in [1.54, 1.807) is 0 Å². The number of imidazole rings is 1. The average Bonchev–Trinajstić information content (AvgIpc) is 3.04. The molecule has 4 nitrogen and oxygen atoms in total.